The molecule has 0 saturated carbocycles. The second-order valence-corrected chi connectivity index (χ2v) is 6.67. The second kappa shape index (κ2) is 8.10. The number of rotatable bonds is 4. The van der Waals surface area contributed by atoms with Crippen LogP contribution in [-0.4, -0.2) is 34.5 Å². The molecule has 0 aromatic heterocycles. The number of hydrogen-bond acceptors (Lipinski definition) is 5. The van der Waals surface area contributed by atoms with E-state index in [0.717, 1.165) is 29.5 Å². The molecule has 2 aromatic carbocycles. The Hall–Kier alpha value is -2.73. The number of aryl methyl sites for hydroxylation is 1. The molecule has 0 radical (unpaired) electrons. The van der Waals surface area contributed by atoms with E-state index < -0.39 is 6.09 Å². The van der Waals surface area contributed by atoms with Gasteiger partial charge in [-0.3, -0.25) is 0 Å². The summed E-state index contributed by atoms with van der Waals surface area (Å²) in [5, 5.41) is 23.8. The van der Waals surface area contributed by atoms with Crippen molar-refractivity contribution in [2.45, 2.75) is 32.2 Å². The summed E-state index contributed by atoms with van der Waals surface area (Å²) in [6.45, 7) is 3.64. The van der Waals surface area contributed by atoms with Crippen LogP contribution in [0.4, 0.5) is 4.79 Å². The zero-order valence-corrected chi connectivity index (χ0v) is 14.8. The average Bonchev–Trinajstić information content (AvgIpc) is 2.61. The zero-order valence-electron chi connectivity index (χ0n) is 14.8. The van der Waals surface area contributed by atoms with E-state index in [1.807, 2.05) is 31.2 Å². The maximum Gasteiger partial charge on any atom is 0.426 e. The molecule has 0 spiro atoms. The molecule has 6 heteroatoms. The highest BCUT2D eigenvalue weighted by atomic mass is 16.7. The molecule has 0 bridgehead atoms. The molecular weight excluding hydrogens is 332 g/mol. The molecule has 6 nitrogen and oxygen atoms in total. The third kappa shape index (κ3) is 4.67. The van der Waals surface area contributed by atoms with Crippen LogP contribution in [0.1, 0.15) is 35.4 Å². The van der Waals surface area contributed by atoms with Crippen molar-refractivity contribution in [3.8, 4) is 11.5 Å². The summed E-state index contributed by atoms with van der Waals surface area (Å²) in [5.74, 6) is 0.350. The van der Waals surface area contributed by atoms with E-state index in [0.29, 0.717) is 19.6 Å². The van der Waals surface area contributed by atoms with E-state index in [2.05, 4.69) is 5.32 Å². The molecule has 1 saturated heterocycles. The van der Waals surface area contributed by atoms with Crippen molar-refractivity contribution < 1.29 is 19.8 Å². The lowest BCUT2D eigenvalue weighted by molar-refractivity contribution is -0.113. The van der Waals surface area contributed by atoms with Gasteiger partial charge < -0.3 is 20.4 Å². The maximum atomic E-state index is 12.0. The minimum absolute atomic E-state index is 0.0531. The van der Waals surface area contributed by atoms with Crippen LogP contribution in [0.3, 0.4) is 0 Å². The third-order valence-corrected chi connectivity index (χ3v) is 4.64. The number of amides is 1. The van der Waals surface area contributed by atoms with Gasteiger partial charge in [0.1, 0.15) is 11.5 Å². The Balaban J connectivity index is 1.45. The fraction of sp³-hybridized carbons (Fsp3) is 0.350. The molecule has 0 unspecified atom stereocenters. The molecule has 1 heterocycles. The topological polar surface area (TPSA) is 82.0 Å². The highest BCUT2D eigenvalue weighted by Crippen LogP contribution is 2.35. The number of hydrogen-bond donors (Lipinski definition) is 3. The number of carbonyl (C=O) groups excluding carboxylic acids is 1. The molecule has 1 aliphatic heterocycles. The van der Waals surface area contributed by atoms with Gasteiger partial charge in [-0.2, -0.15) is 0 Å². The smallest absolute Gasteiger partial charge is 0.426 e. The lowest BCUT2D eigenvalue weighted by Gasteiger charge is -2.30. The standard InChI is InChI=1S/C20H24N2O4/c1-14-3-2-4-15(11-14)13-21-20(25)26-22-9-7-16(8-10-22)18-6-5-17(23)12-19(18)24/h2-6,11-12,16,23-24H,7-10,13H2,1H3,(H,21,25). The first-order valence-corrected chi connectivity index (χ1v) is 8.79. The highest BCUT2D eigenvalue weighted by molar-refractivity contribution is 5.66. The van der Waals surface area contributed by atoms with E-state index in [9.17, 15) is 15.0 Å². The lowest BCUT2D eigenvalue weighted by Crippen LogP contribution is -2.38. The minimum Gasteiger partial charge on any atom is -0.508 e. The van der Waals surface area contributed by atoms with Crippen LogP contribution >= 0.6 is 0 Å². The number of benzene rings is 2. The van der Waals surface area contributed by atoms with Gasteiger partial charge >= 0.3 is 6.09 Å². The number of carbonyl (C=O) groups is 1. The molecule has 1 amide bonds. The Morgan fingerprint density at radius 2 is 1.96 bits per heavy atom. The summed E-state index contributed by atoms with van der Waals surface area (Å²) in [6, 6.07) is 12.6. The molecule has 0 atom stereocenters. The van der Waals surface area contributed by atoms with Crippen LogP contribution in [-0.2, 0) is 11.4 Å². The van der Waals surface area contributed by atoms with Gasteiger partial charge in [0.25, 0.3) is 0 Å². The molecule has 1 aliphatic rings. The first kappa shape index (κ1) is 18.1. The van der Waals surface area contributed by atoms with E-state index in [-0.39, 0.29) is 17.4 Å². The minimum atomic E-state index is -0.461. The Morgan fingerprint density at radius 1 is 1.19 bits per heavy atom. The van der Waals surface area contributed by atoms with Gasteiger partial charge in [-0.05, 0) is 42.9 Å². The van der Waals surface area contributed by atoms with Crippen molar-refractivity contribution in [3.05, 3.63) is 59.2 Å². The number of aromatic hydroxyl groups is 2. The van der Waals surface area contributed by atoms with Gasteiger partial charge in [-0.15, -0.1) is 5.06 Å². The number of nitrogens with one attached hydrogen (secondary N) is 1. The zero-order chi connectivity index (χ0) is 18.5. The van der Waals surface area contributed by atoms with Gasteiger partial charge in [-0.1, -0.05) is 35.9 Å². The lowest BCUT2D eigenvalue weighted by atomic mass is 9.89. The molecule has 26 heavy (non-hydrogen) atoms. The highest BCUT2D eigenvalue weighted by Gasteiger charge is 2.25. The SMILES string of the molecule is Cc1cccc(CNC(=O)ON2CCC(c3ccc(O)cc3O)CC2)c1. The van der Waals surface area contributed by atoms with Crippen molar-refractivity contribution in [1.29, 1.82) is 0 Å². The Kier molecular flexibility index (Phi) is 5.63. The first-order valence-electron chi connectivity index (χ1n) is 8.79. The third-order valence-electron chi connectivity index (χ3n) is 4.64. The predicted octanol–water partition coefficient (Wildman–Crippen LogP) is 3.43. The van der Waals surface area contributed by atoms with E-state index in [4.69, 9.17) is 4.84 Å². The van der Waals surface area contributed by atoms with Crippen LogP contribution in [0.15, 0.2) is 42.5 Å². The van der Waals surface area contributed by atoms with Crippen LogP contribution in [0.5, 0.6) is 11.5 Å². The summed E-state index contributed by atoms with van der Waals surface area (Å²) in [5.41, 5.74) is 3.01. The number of phenolic OH excluding ortho intramolecular Hbond substituents is 2. The monoisotopic (exact) mass is 356 g/mol. The summed E-state index contributed by atoms with van der Waals surface area (Å²) < 4.78 is 0. The van der Waals surface area contributed by atoms with Crippen molar-refractivity contribution in [2.75, 3.05) is 13.1 Å². The molecular formula is C20H24N2O4. The summed E-state index contributed by atoms with van der Waals surface area (Å²) in [4.78, 5) is 17.3. The molecule has 2 aromatic rings. The van der Waals surface area contributed by atoms with Crippen molar-refractivity contribution in [3.63, 3.8) is 0 Å². The fourth-order valence-electron chi connectivity index (χ4n) is 3.28. The Bertz CT molecular complexity index is 770. The van der Waals surface area contributed by atoms with Crippen molar-refractivity contribution in [2.24, 2.45) is 0 Å². The summed E-state index contributed by atoms with van der Waals surface area (Å²) in [7, 11) is 0. The summed E-state index contributed by atoms with van der Waals surface area (Å²) >= 11 is 0. The largest absolute Gasteiger partial charge is 0.508 e. The van der Waals surface area contributed by atoms with Crippen LogP contribution in [0.2, 0.25) is 0 Å². The van der Waals surface area contributed by atoms with Crippen molar-refractivity contribution in [1.82, 2.24) is 10.4 Å². The molecule has 3 N–H and O–H groups in total. The number of nitrogens with zero attached hydrogens (tertiary/aromatic N) is 1. The van der Waals surface area contributed by atoms with Crippen LogP contribution in [0.25, 0.3) is 0 Å². The van der Waals surface area contributed by atoms with E-state index in [1.54, 1.807) is 17.2 Å². The Labute approximate surface area is 153 Å². The van der Waals surface area contributed by atoms with Gasteiger partial charge in [-0.25, -0.2) is 4.79 Å². The maximum absolute atomic E-state index is 12.0. The number of piperidine rings is 1. The molecule has 0 aliphatic carbocycles. The van der Waals surface area contributed by atoms with Crippen LogP contribution in [0, 0.1) is 6.92 Å². The first-order chi connectivity index (χ1) is 12.5. The Morgan fingerprint density at radius 3 is 2.65 bits per heavy atom. The van der Waals surface area contributed by atoms with Crippen LogP contribution < -0.4 is 5.32 Å². The fourth-order valence-corrected chi connectivity index (χ4v) is 3.28. The molecule has 138 valence electrons. The average molecular weight is 356 g/mol. The van der Waals surface area contributed by atoms with Gasteiger partial charge in [0.2, 0.25) is 0 Å². The van der Waals surface area contributed by atoms with E-state index >= 15 is 0 Å². The van der Waals surface area contributed by atoms with E-state index in [1.165, 1.54) is 6.07 Å². The molecule has 1 fully saturated rings. The molecule has 3 rings (SSSR count). The number of phenols is 2. The van der Waals surface area contributed by atoms with Gasteiger partial charge in [0, 0.05) is 25.7 Å². The quantitative estimate of drug-likeness (QED) is 0.782. The van der Waals surface area contributed by atoms with Gasteiger partial charge in [0.05, 0.1) is 0 Å². The number of hydroxylamine groups is 2. The normalized spacial score (nSPS) is 15.6. The predicted molar refractivity (Wildman–Crippen MR) is 97.8 cm³/mol. The summed E-state index contributed by atoms with van der Waals surface area (Å²) in [6.07, 6.45) is 1.07. The van der Waals surface area contributed by atoms with Gasteiger partial charge in [0.15, 0.2) is 0 Å². The second-order valence-electron chi connectivity index (χ2n) is 6.67. The van der Waals surface area contributed by atoms with Crippen molar-refractivity contribution >= 4 is 6.09 Å².